The average Bonchev–Trinajstić information content (AvgIpc) is 3.05. The Morgan fingerprint density at radius 3 is 3.05 bits per heavy atom. The van der Waals surface area contributed by atoms with Crippen LogP contribution in [0, 0.1) is 5.82 Å². The van der Waals surface area contributed by atoms with Gasteiger partial charge in [0.2, 0.25) is 5.91 Å². The normalized spacial score (nSPS) is 18.5. The molecule has 6 heteroatoms. The van der Waals surface area contributed by atoms with E-state index in [0.717, 1.165) is 12.8 Å². The lowest BCUT2D eigenvalue weighted by atomic mass is 10.0. The number of halogens is 2. The smallest absolute Gasteiger partial charge is 0.227 e. The fourth-order valence-corrected chi connectivity index (χ4v) is 3.10. The summed E-state index contributed by atoms with van der Waals surface area (Å²) in [5, 5.41) is 0.302. The van der Waals surface area contributed by atoms with Crippen molar-refractivity contribution in [3.05, 3.63) is 53.3 Å². The molecule has 1 amide bonds. The van der Waals surface area contributed by atoms with Crippen LogP contribution < -0.4 is 0 Å². The molecule has 3 rings (SSSR count). The molecule has 1 aliphatic rings. The second-order valence-electron chi connectivity index (χ2n) is 5.52. The van der Waals surface area contributed by atoms with Crippen LogP contribution in [-0.2, 0) is 11.2 Å². The molecular formula is C16H17ClFN3O. The third-order valence-corrected chi connectivity index (χ3v) is 4.44. The minimum atomic E-state index is -0.427. The molecule has 0 unspecified atom stereocenters. The van der Waals surface area contributed by atoms with Gasteiger partial charge in [-0.1, -0.05) is 17.7 Å². The predicted octanol–water partition coefficient (Wildman–Crippen LogP) is 3.08. The minimum absolute atomic E-state index is 0.00214. The molecule has 0 aliphatic carbocycles. The monoisotopic (exact) mass is 321 g/mol. The summed E-state index contributed by atoms with van der Waals surface area (Å²) < 4.78 is 15.8. The maximum atomic E-state index is 13.8. The maximum absolute atomic E-state index is 13.8. The minimum Gasteiger partial charge on any atom is -0.340 e. The molecule has 2 heterocycles. The zero-order valence-corrected chi connectivity index (χ0v) is 12.8. The van der Waals surface area contributed by atoms with Crippen LogP contribution in [-0.4, -0.2) is 33.4 Å². The van der Waals surface area contributed by atoms with Crippen LogP contribution in [0.4, 0.5) is 4.39 Å². The van der Waals surface area contributed by atoms with E-state index in [0.29, 0.717) is 18.1 Å². The second-order valence-corrected chi connectivity index (χ2v) is 5.93. The third kappa shape index (κ3) is 3.14. The maximum Gasteiger partial charge on any atom is 0.227 e. The molecule has 1 aromatic carbocycles. The highest BCUT2D eigenvalue weighted by Gasteiger charge is 2.25. The van der Waals surface area contributed by atoms with Crippen molar-refractivity contribution in [2.45, 2.75) is 25.3 Å². The van der Waals surface area contributed by atoms with Crippen molar-refractivity contribution in [1.29, 1.82) is 0 Å². The Bertz CT molecular complexity index is 639. The molecular weight excluding hydrogens is 305 g/mol. The number of aromatic nitrogens is 2. The van der Waals surface area contributed by atoms with Gasteiger partial charge in [-0.15, -0.1) is 0 Å². The number of rotatable bonds is 3. The van der Waals surface area contributed by atoms with Crippen LogP contribution in [0.25, 0.3) is 0 Å². The van der Waals surface area contributed by atoms with Gasteiger partial charge in [0.15, 0.2) is 0 Å². The van der Waals surface area contributed by atoms with Crippen molar-refractivity contribution in [3.8, 4) is 0 Å². The van der Waals surface area contributed by atoms with E-state index in [-0.39, 0.29) is 23.9 Å². The number of carbonyl (C=O) groups excluding carboxylic acids is 1. The Labute approximate surface area is 133 Å². The van der Waals surface area contributed by atoms with Crippen LogP contribution in [0.1, 0.15) is 24.4 Å². The summed E-state index contributed by atoms with van der Waals surface area (Å²) in [5.74, 6) is -0.513. The highest BCUT2D eigenvalue weighted by molar-refractivity contribution is 6.31. The number of nitrogens with zero attached hydrogens (tertiary/aromatic N) is 3. The molecule has 4 nitrogen and oxygen atoms in total. The largest absolute Gasteiger partial charge is 0.340 e. The third-order valence-electron chi connectivity index (χ3n) is 4.09. The first kappa shape index (κ1) is 15.0. The van der Waals surface area contributed by atoms with Gasteiger partial charge in [0.25, 0.3) is 0 Å². The zero-order chi connectivity index (χ0) is 15.5. The van der Waals surface area contributed by atoms with Gasteiger partial charge in [0.1, 0.15) is 5.82 Å². The first-order chi connectivity index (χ1) is 10.6. The van der Waals surface area contributed by atoms with Gasteiger partial charge in [-0.3, -0.25) is 4.79 Å². The molecule has 1 aliphatic heterocycles. The molecule has 1 fully saturated rings. The van der Waals surface area contributed by atoms with Crippen molar-refractivity contribution in [3.63, 3.8) is 0 Å². The first-order valence-corrected chi connectivity index (χ1v) is 7.71. The molecule has 1 aromatic heterocycles. The Kier molecular flexibility index (Phi) is 4.43. The van der Waals surface area contributed by atoms with Gasteiger partial charge >= 0.3 is 0 Å². The average molecular weight is 322 g/mol. The van der Waals surface area contributed by atoms with Crippen LogP contribution in [0.5, 0.6) is 0 Å². The van der Waals surface area contributed by atoms with E-state index in [1.54, 1.807) is 29.6 Å². The molecule has 22 heavy (non-hydrogen) atoms. The van der Waals surface area contributed by atoms with Crippen LogP contribution in [0.2, 0.25) is 5.02 Å². The van der Waals surface area contributed by atoms with E-state index in [2.05, 4.69) is 4.98 Å². The number of likely N-dealkylation sites (tertiary alicyclic amines) is 1. The van der Waals surface area contributed by atoms with Gasteiger partial charge in [-0.05, 0) is 25.0 Å². The summed E-state index contributed by atoms with van der Waals surface area (Å²) >= 11 is 6.00. The number of carbonyl (C=O) groups is 1. The number of benzene rings is 1. The van der Waals surface area contributed by atoms with Gasteiger partial charge in [0.05, 0.1) is 18.8 Å². The van der Waals surface area contributed by atoms with Crippen molar-refractivity contribution < 1.29 is 9.18 Å². The fraction of sp³-hybridized carbons (Fsp3) is 0.375. The van der Waals surface area contributed by atoms with E-state index < -0.39 is 5.82 Å². The van der Waals surface area contributed by atoms with Crippen molar-refractivity contribution in [2.24, 2.45) is 0 Å². The van der Waals surface area contributed by atoms with E-state index in [4.69, 9.17) is 11.6 Å². The van der Waals surface area contributed by atoms with Crippen LogP contribution >= 0.6 is 11.6 Å². The summed E-state index contributed by atoms with van der Waals surface area (Å²) in [6.45, 7) is 1.33. The molecule has 2 aromatic rings. The Hall–Kier alpha value is -1.88. The van der Waals surface area contributed by atoms with Gasteiger partial charge in [0, 0.05) is 36.1 Å². The summed E-state index contributed by atoms with van der Waals surface area (Å²) in [6, 6.07) is 4.72. The number of amides is 1. The quantitative estimate of drug-likeness (QED) is 0.871. The van der Waals surface area contributed by atoms with Crippen LogP contribution in [0.15, 0.2) is 36.9 Å². The van der Waals surface area contributed by atoms with E-state index in [1.165, 1.54) is 6.07 Å². The standard InChI is InChI=1S/C16H17ClFN3O/c17-14-4-1-5-15(18)13(14)9-16(22)20-7-2-3-12(10-20)21-8-6-19-11-21/h1,4-6,8,11-12H,2-3,7,9-10H2/t12-/m1/s1. The second kappa shape index (κ2) is 6.48. The zero-order valence-electron chi connectivity index (χ0n) is 12.1. The number of imidazole rings is 1. The van der Waals surface area contributed by atoms with E-state index in [1.807, 2.05) is 10.8 Å². The van der Waals surface area contributed by atoms with Gasteiger partial charge in [-0.25, -0.2) is 9.37 Å². The lowest BCUT2D eigenvalue weighted by Crippen LogP contribution is -2.41. The SMILES string of the molecule is O=C(Cc1c(F)cccc1Cl)N1CCC[C@@H](n2ccnc2)C1. The molecule has 1 saturated heterocycles. The number of hydrogen-bond acceptors (Lipinski definition) is 2. The first-order valence-electron chi connectivity index (χ1n) is 7.33. The van der Waals surface area contributed by atoms with Gasteiger partial charge < -0.3 is 9.47 Å². The Morgan fingerprint density at radius 1 is 1.45 bits per heavy atom. The van der Waals surface area contributed by atoms with E-state index in [9.17, 15) is 9.18 Å². The summed E-state index contributed by atoms with van der Waals surface area (Å²) in [6.07, 6.45) is 7.36. The lowest BCUT2D eigenvalue weighted by molar-refractivity contribution is -0.132. The predicted molar refractivity (Wildman–Crippen MR) is 82.2 cm³/mol. The summed E-state index contributed by atoms with van der Waals surface area (Å²) in [7, 11) is 0. The van der Waals surface area contributed by atoms with Crippen molar-refractivity contribution >= 4 is 17.5 Å². The molecule has 116 valence electrons. The van der Waals surface area contributed by atoms with Crippen LogP contribution in [0.3, 0.4) is 0 Å². The van der Waals surface area contributed by atoms with Gasteiger partial charge in [-0.2, -0.15) is 0 Å². The molecule has 0 saturated carbocycles. The fourth-order valence-electron chi connectivity index (χ4n) is 2.87. The van der Waals surface area contributed by atoms with Crippen molar-refractivity contribution in [1.82, 2.24) is 14.5 Å². The Morgan fingerprint density at radius 2 is 2.32 bits per heavy atom. The lowest BCUT2D eigenvalue weighted by Gasteiger charge is -2.33. The molecule has 0 spiro atoms. The van der Waals surface area contributed by atoms with Crippen molar-refractivity contribution in [2.75, 3.05) is 13.1 Å². The molecule has 0 bridgehead atoms. The topological polar surface area (TPSA) is 38.1 Å². The Balaban J connectivity index is 1.70. The number of piperidine rings is 1. The summed E-state index contributed by atoms with van der Waals surface area (Å²) in [4.78, 5) is 18.3. The van der Waals surface area contributed by atoms with E-state index >= 15 is 0 Å². The highest BCUT2D eigenvalue weighted by Crippen LogP contribution is 2.24. The summed E-state index contributed by atoms with van der Waals surface area (Å²) in [5.41, 5.74) is 0.277. The number of hydrogen-bond donors (Lipinski definition) is 0. The highest BCUT2D eigenvalue weighted by atomic mass is 35.5. The molecule has 1 atom stereocenters. The molecule has 0 N–H and O–H groups in total. The molecule has 0 radical (unpaired) electrons.